The van der Waals surface area contributed by atoms with Crippen LogP contribution in [0.2, 0.25) is 12.6 Å². The van der Waals surface area contributed by atoms with Gasteiger partial charge in [0, 0.05) is 30.9 Å². The van der Waals surface area contributed by atoms with Gasteiger partial charge in [0.15, 0.2) is 0 Å². The van der Waals surface area contributed by atoms with Gasteiger partial charge in [0.25, 0.3) is 0 Å². The summed E-state index contributed by atoms with van der Waals surface area (Å²) in [6.07, 6.45) is 3.62. The molecule has 8 nitrogen and oxygen atoms in total. The molecule has 0 unspecified atom stereocenters. The molecular formula is C36H47N3O5Si. The van der Waals surface area contributed by atoms with Gasteiger partial charge < -0.3 is 19.3 Å². The Hall–Kier alpha value is -3.63. The van der Waals surface area contributed by atoms with Crippen molar-refractivity contribution in [1.82, 2.24) is 4.90 Å². The Bertz CT molecular complexity index is 1400. The highest BCUT2D eigenvalue weighted by Crippen LogP contribution is 2.26. The van der Waals surface area contributed by atoms with Crippen LogP contribution in [-0.4, -0.2) is 68.0 Å². The molecule has 0 spiro atoms. The van der Waals surface area contributed by atoms with E-state index in [0.29, 0.717) is 49.6 Å². The first-order valence-corrected chi connectivity index (χ1v) is 18.7. The Morgan fingerprint density at radius 3 is 2.27 bits per heavy atom. The number of rotatable bonds is 17. The van der Waals surface area contributed by atoms with E-state index in [0.717, 1.165) is 37.4 Å². The summed E-state index contributed by atoms with van der Waals surface area (Å²) in [7, 11) is -2.27. The first-order valence-electron chi connectivity index (χ1n) is 16.2. The van der Waals surface area contributed by atoms with Crippen molar-refractivity contribution >= 4 is 31.8 Å². The molecule has 2 N–H and O–H groups in total. The average Bonchev–Trinajstić information content (AvgIpc) is 3.50. The normalized spacial score (nSPS) is 16.4. The van der Waals surface area contributed by atoms with Gasteiger partial charge >= 0.3 is 14.5 Å². The van der Waals surface area contributed by atoms with Gasteiger partial charge in [-0.05, 0) is 63.9 Å². The zero-order valence-electron chi connectivity index (χ0n) is 26.8. The molecule has 4 rings (SSSR count). The predicted molar refractivity (Wildman–Crippen MR) is 182 cm³/mol. The van der Waals surface area contributed by atoms with Crippen molar-refractivity contribution in [2.45, 2.75) is 77.2 Å². The SMILES string of the molecule is CCO[Si](C)(CCCC[C@H](N=C(c1ccccc1)c1ccccc1NC(=O)[C@@H]1CCCN1Cc1ccccc1)C(=O)O)OCC. The molecule has 1 aliphatic rings. The molecule has 0 saturated carbocycles. The minimum Gasteiger partial charge on any atom is -0.480 e. The summed E-state index contributed by atoms with van der Waals surface area (Å²) in [5.74, 6) is -1.03. The number of benzene rings is 3. The van der Waals surface area contributed by atoms with Gasteiger partial charge in [-0.2, -0.15) is 0 Å². The van der Waals surface area contributed by atoms with E-state index in [-0.39, 0.29) is 11.9 Å². The van der Waals surface area contributed by atoms with E-state index in [4.69, 9.17) is 13.8 Å². The standard InChI is InChI=1S/C36H47N3O5Si/c1-4-43-45(3,44-5-2)26-15-14-23-32(36(41)42)37-34(29-19-10-7-11-20-29)30-21-12-13-22-31(30)38-35(40)33-24-16-25-39(33)27-28-17-8-6-9-18-28/h6-13,17-22,32-33H,4-5,14-16,23-27H2,1-3H3,(H,38,40)(H,41,42)/t32-,33-/m0/s1. The van der Waals surface area contributed by atoms with E-state index in [9.17, 15) is 14.7 Å². The van der Waals surface area contributed by atoms with Gasteiger partial charge in [-0.15, -0.1) is 0 Å². The summed E-state index contributed by atoms with van der Waals surface area (Å²) in [6, 6.07) is 27.0. The van der Waals surface area contributed by atoms with Gasteiger partial charge in [0.1, 0.15) is 6.04 Å². The molecule has 45 heavy (non-hydrogen) atoms. The van der Waals surface area contributed by atoms with Crippen molar-refractivity contribution in [3.05, 3.63) is 102 Å². The summed E-state index contributed by atoms with van der Waals surface area (Å²) in [6.45, 7) is 8.80. The molecule has 3 aromatic rings. The number of hydrogen-bond acceptors (Lipinski definition) is 6. The second kappa shape index (κ2) is 17.2. The number of nitrogens with one attached hydrogen (secondary N) is 1. The second-order valence-electron chi connectivity index (χ2n) is 11.6. The molecule has 1 heterocycles. The maximum absolute atomic E-state index is 13.7. The number of aliphatic carboxylic acids is 1. The number of carbonyl (C=O) groups is 2. The summed E-state index contributed by atoms with van der Waals surface area (Å²) >= 11 is 0. The van der Waals surface area contributed by atoms with E-state index >= 15 is 0 Å². The lowest BCUT2D eigenvalue weighted by molar-refractivity contribution is -0.138. The third kappa shape index (κ3) is 9.93. The number of aliphatic imine (C=N–C) groups is 1. The van der Waals surface area contributed by atoms with Crippen molar-refractivity contribution in [3.8, 4) is 0 Å². The summed E-state index contributed by atoms with van der Waals surface area (Å²) in [5.41, 5.74) is 3.84. The van der Waals surface area contributed by atoms with Crippen molar-refractivity contribution in [3.63, 3.8) is 0 Å². The van der Waals surface area contributed by atoms with E-state index < -0.39 is 20.6 Å². The number of nitrogens with zero attached hydrogens (tertiary/aromatic N) is 2. The molecule has 1 fully saturated rings. The third-order valence-electron chi connectivity index (χ3n) is 8.21. The number of amides is 1. The molecule has 240 valence electrons. The smallest absolute Gasteiger partial charge is 0.334 e. The van der Waals surface area contributed by atoms with Crippen LogP contribution in [-0.2, 0) is 25.0 Å². The quantitative estimate of drug-likeness (QED) is 0.0958. The molecule has 1 aliphatic heterocycles. The lowest BCUT2D eigenvalue weighted by Gasteiger charge is -2.26. The van der Waals surface area contributed by atoms with Gasteiger partial charge in [0.2, 0.25) is 5.91 Å². The molecule has 0 bridgehead atoms. The van der Waals surface area contributed by atoms with E-state index in [1.54, 1.807) is 0 Å². The fourth-order valence-electron chi connectivity index (χ4n) is 6.02. The lowest BCUT2D eigenvalue weighted by atomic mass is 9.99. The molecule has 0 aromatic heterocycles. The summed E-state index contributed by atoms with van der Waals surface area (Å²) < 4.78 is 11.9. The zero-order chi connectivity index (χ0) is 32.1. The van der Waals surface area contributed by atoms with Gasteiger partial charge in [-0.3, -0.25) is 14.7 Å². The number of anilines is 1. The van der Waals surface area contributed by atoms with Crippen molar-refractivity contribution < 1.29 is 23.5 Å². The number of carbonyl (C=O) groups excluding carboxylic acids is 1. The van der Waals surface area contributed by atoms with Gasteiger partial charge in [-0.25, -0.2) is 4.79 Å². The molecule has 0 radical (unpaired) electrons. The summed E-state index contributed by atoms with van der Waals surface area (Å²) in [5, 5.41) is 13.4. The van der Waals surface area contributed by atoms with Crippen molar-refractivity contribution in [1.29, 1.82) is 0 Å². The average molecular weight is 630 g/mol. The second-order valence-corrected chi connectivity index (χ2v) is 14.9. The fourth-order valence-corrected chi connectivity index (χ4v) is 8.51. The molecule has 1 saturated heterocycles. The number of hydrogen-bond donors (Lipinski definition) is 2. The predicted octanol–water partition coefficient (Wildman–Crippen LogP) is 6.90. The minimum atomic E-state index is -2.27. The molecule has 2 atom stereocenters. The first kappa shape index (κ1) is 34.2. The van der Waals surface area contributed by atoms with E-state index in [2.05, 4.69) is 28.9 Å². The zero-order valence-corrected chi connectivity index (χ0v) is 27.8. The van der Waals surface area contributed by atoms with Crippen LogP contribution in [0, 0.1) is 0 Å². The fraction of sp³-hybridized carbons (Fsp3) is 0.417. The Kier molecular flexibility index (Phi) is 13.1. The Labute approximate surface area is 268 Å². The Balaban J connectivity index is 1.55. The largest absolute Gasteiger partial charge is 0.480 e. The molecule has 9 heteroatoms. The maximum atomic E-state index is 13.7. The number of unbranched alkanes of at least 4 members (excludes halogenated alkanes) is 1. The Morgan fingerprint density at radius 2 is 1.60 bits per heavy atom. The number of carboxylic acids is 1. The van der Waals surface area contributed by atoms with E-state index in [1.807, 2.05) is 86.6 Å². The molecular weight excluding hydrogens is 582 g/mol. The highest BCUT2D eigenvalue weighted by molar-refractivity contribution is 6.66. The van der Waals surface area contributed by atoms with Crippen LogP contribution in [0.25, 0.3) is 0 Å². The monoisotopic (exact) mass is 629 g/mol. The van der Waals surface area contributed by atoms with Crippen LogP contribution in [0.3, 0.4) is 0 Å². The maximum Gasteiger partial charge on any atom is 0.334 e. The lowest BCUT2D eigenvalue weighted by Crippen LogP contribution is -2.39. The number of likely N-dealkylation sites (tertiary alicyclic amines) is 1. The molecule has 0 aliphatic carbocycles. The summed E-state index contributed by atoms with van der Waals surface area (Å²) in [4.78, 5) is 33.3. The molecule has 1 amide bonds. The van der Waals surface area contributed by atoms with Crippen LogP contribution in [0.15, 0.2) is 89.9 Å². The van der Waals surface area contributed by atoms with Gasteiger partial charge in [-0.1, -0.05) is 91.7 Å². The highest BCUT2D eigenvalue weighted by atomic mass is 28.4. The highest BCUT2D eigenvalue weighted by Gasteiger charge is 2.32. The topological polar surface area (TPSA) is 100 Å². The van der Waals surface area contributed by atoms with Crippen LogP contribution in [0.5, 0.6) is 0 Å². The van der Waals surface area contributed by atoms with Crippen LogP contribution >= 0.6 is 0 Å². The van der Waals surface area contributed by atoms with Crippen molar-refractivity contribution in [2.75, 3.05) is 25.1 Å². The van der Waals surface area contributed by atoms with Crippen LogP contribution in [0.1, 0.15) is 62.6 Å². The Morgan fingerprint density at radius 1 is 0.956 bits per heavy atom. The number of para-hydroxylation sites is 1. The van der Waals surface area contributed by atoms with Crippen LogP contribution in [0.4, 0.5) is 5.69 Å². The number of carboxylic acid groups (broad SMARTS) is 1. The third-order valence-corrected chi connectivity index (χ3v) is 11.3. The first-order chi connectivity index (χ1) is 21.8. The van der Waals surface area contributed by atoms with Gasteiger partial charge in [0.05, 0.1) is 17.4 Å². The van der Waals surface area contributed by atoms with Crippen LogP contribution < -0.4 is 5.32 Å². The minimum absolute atomic E-state index is 0.0612. The van der Waals surface area contributed by atoms with E-state index in [1.165, 1.54) is 5.56 Å². The molecule has 3 aromatic carbocycles. The van der Waals surface area contributed by atoms with Crippen molar-refractivity contribution in [2.24, 2.45) is 4.99 Å².